The van der Waals surface area contributed by atoms with Gasteiger partial charge in [-0.3, -0.25) is 9.88 Å². The lowest BCUT2D eigenvalue weighted by Crippen LogP contribution is -2.39. The van der Waals surface area contributed by atoms with Crippen molar-refractivity contribution in [1.29, 1.82) is 0 Å². The van der Waals surface area contributed by atoms with Gasteiger partial charge in [0.05, 0.1) is 12.4 Å². The van der Waals surface area contributed by atoms with Crippen LogP contribution in [0.4, 0.5) is 14.6 Å². The Bertz CT molecular complexity index is 594. The first kappa shape index (κ1) is 14.8. The van der Waals surface area contributed by atoms with E-state index in [2.05, 4.69) is 25.2 Å². The predicted molar refractivity (Wildman–Crippen MR) is 78.1 cm³/mol. The molecule has 2 aromatic rings. The molecule has 5 nitrogen and oxygen atoms in total. The van der Waals surface area contributed by atoms with Gasteiger partial charge in [-0.2, -0.15) is 0 Å². The molecule has 0 aliphatic carbocycles. The number of pyridine rings is 1. The van der Waals surface area contributed by atoms with Crippen molar-refractivity contribution in [2.24, 2.45) is 0 Å². The van der Waals surface area contributed by atoms with Crippen molar-refractivity contribution in [1.82, 2.24) is 19.9 Å². The van der Waals surface area contributed by atoms with Gasteiger partial charge in [0.15, 0.2) is 0 Å². The van der Waals surface area contributed by atoms with Crippen LogP contribution in [0.5, 0.6) is 0 Å². The Morgan fingerprint density at radius 3 is 2.50 bits per heavy atom. The van der Waals surface area contributed by atoms with E-state index in [0.717, 1.165) is 44.1 Å². The van der Waals surface area contributed by atoms with Crippen molar-refractivity contribution < 1.29 is 8.78 Å². The lowest BCUT2D eigenvalue weighted by Gasteiger charge is -2.32. The summed E-state index contributed by atoms with van der Waals surface area (Å²) in [6.45, 7) is 1.84. The Balaban J connectivity index is 1.54. The van der Waals surface area contributed by atoms with Gasteiger partial charge in [0, 0.05) is 37.4 Å². The second-order valence-corrected chi connectivity index (χ2v) is 5.37. The number of hydrogen-bond donors (Lipinski definition) is 1. The minimum absolute atomic E-state index is 0.0946. The van der Waals surface area contributed by atoms with Crippen molar-refractivity contribution >= 4 is 5.82 Å². The summed E-state index contributed by atoms with van der Waals surface area (Å²) in [4.78, 5) is 13.6. The monoisotopic (exact) mass is 305 g/mol. The number of rotatable bonds is 4. The highest BCUT2D eigenvalue weighted by atomic mass is 19.1. The molecule has 1 aliphatic heterocycles. The molecule has 3 heterocycles. The van der Waals surface area contributed by atoms with E-state index >= 15 is 0 Å². The van der Waals surface area contributed by atoms with Gasteiger partial charge in [-0.15, -0.1) is 0 Å². The fraction of sp³-hybridized carbons (Fsp3) is 0.400. The molecule has 1 aliphatic rings. The van der Waals surface area contributed by atoms with E-state index in [1.165, 1.54) is 6.33 Å². The third-order valence-corrected chi connectivity index (χ3v) is 3.86. The number of piperidine rings is 1. The average Bonchev–Trinajstić information content (AvgIpc) is 2.54. The number of hydrogen-bond acceptors (Lipinski definition) is 5. The smallest absolute Gasteiger partial charge is 0.148 e. The Hall–Kier alpha value is -2.15. The minimum atomic E-state index is -0.582. The molecule has 1 N–H and O–H groups in total. The summed E-state index contributed by atoms with van der Waals surface area (Å²) in [6, 6.07) is 2.15. The zero-order valence-electron chi connectivity index (χ0n) is 12.0. The third-order valence-electron chi connectivity index (χ3n) is 3.86. The number of likely N-dealkylation sites (tertiary alicyclic amines) is 1. The van der Waals surface area contributed by atoms with E-state index in [-0.39, 0.29) is 12.1 Å². The standard InChI is InChI=1S/C15H17F2N5/c16-13-7-19-8-14(17)12(13)9-22-5-2-11(3-6-22)21-15-1-4-18-10-20-15/h1,4,7-8,10-11H,2-3,5-6,9H2,(H,18,20,21). The zero-order chi connectivity index (χ0) is 15.4. The number of nitrogens with one attached hydrogen (secondary N) is 1. The molecule has 1 saturated heterocycles. The average molecular weight is 305 g/mol. The lowest BCUT2D eigenvalue weighted by atomic mass is 10.0. The van der Waals surface area contributed by atoms with Crippen LogP contribution in [0.3, 0.4) is 0 Å². The maximum Gasteiger partial charge on any atom is 0.148 e. The number of halogens is 2. The summed E-state index contributed by atoms with van der Waals surface area (Å²) in [5.41, 5.74) is 0.0946. The van der Waals surface area contributed by atoms with Crippen LogP contribution in [0.25, 0.3) is 0 Å². The van der Waals surface area contributed by atoms with Crippen LogP contribution in [0.2, 0.25) is 0 Å². The highest BCUT2D eigenvalue weighted by molar-refractivity contribution is 5.33. The second-order valence-electron chi connectivity index (χ2n) is 5.37. The van der Waals surface area contributed by atoms with Crippen molar-refractivity contribution in [3.8, 4) is 0 Å². The Morgan fingerprint density at radius 1 is 1.14 bits per heavy atom. The minimum Gasteiger partial charge on any atom is -0.367 e. The summed E-state index contributed by atoms with van der Waals surface area (Å²) in [7, 11) is 0. The SMILES string of the molecule is Fc1cncc(F)c1CN1CCC(Nc2ccncn2)CC1. The number of nitrogens with zero attached hydrogens (tertiary/aromatic N) is 4. The fourth-order valence-corrected chi connectivity index (χ4v) is 2.63. The molecular formula is C15H17F2N5. The van der Waals surface area contributed by atoms with Gasteiger partial charge in [0.25, 0.3) is 0 Å². The van der Waals surface area contributed by atoms with Gasteiger partial charge < -0.3 is 5.32 Å². The summed E-state index contributed by atoms with van der Waals surface area (Å²) < 4.78 is 27.2. The van der Waals surface area contributed by atoms with Crippen molar-refractivity contribution in [2.75, 3.05) is 18.4 Å². The van der Waals surface area contributed by atoms with E-state index in [1.54, 1.807) is 6.20 Å². The van der Waals surface area contributed by atoms with E-state index in [1.807, 2.05) is 6.07 Å². The summed E-state index contributed by atoms with van der Waals surface area (Å²) in [5, 5.41) is 3.35. The molecule has 0 spiro atoms. The Labute approximate surface area is 127 Å². The van der Waals surface area contributed by atoms with E-state index in [4.69, 9.17) is 0 Å². The summed E-state index contributed by atoms with van der Waals surface area (Å²) in [5.74, 6) is -0.359. The highest BCUT2D eigenvalue weighted by Crippen LogP contribution is 2.19. The van der Waals surface area contributed by atoms with Crippen molar-refractivity contribution in [3.63, 3.8) is 0 Å². The first-order valence-electron chi connectivity index (χ1n) is 7.25. The lowest BCUT2D eigenvalue weighted by molar-refractivity contribution is 0.206. The quantitative estimate of drug-likeness (QED) is 0.939. The third kappa shape index (κ3) is 3.54. The number of aromatic nitrogens is 3. The molecule has 0 saturated carbocycles. The molecule has 0 amide bonds. The Morgan fingerprint density at radius 2 is 1.86 bits per heavy atom. The van der Waals surface area contributed by atoms with Gasteiger partial charge >= 0.3 is 0 Å². The van der Waals surface area contributed by atoms with E-state index < -0.39 is 11.6 Å². The molecule has 7 heteroatoms. The van der Waals surface area contributed by atoms with E-state index in [0.29, 0.717) is 6.04 Å². The van der Waals surface area contributed by atoms with Gasteiger partial charge in [-0.1, -0.05) is 0 Å². The largest absolute Gasteiger partial charge is 0.367 e. The Kier molecular flexibility index (Phi) is 4.53. The van der Waals surface area contributed by atoms with Crippen LogP contribution in [0, 0.1) is 11.6 Å². The molecule has 2 aromatic heterocycles. The topological polar surface area (TPSA) is 53.9 Å². The molecule has 1 fully saturated rings. The highest BCUT2D eigenvalue weighted by Gasteiger charge is 2.21. The fourth-order valence-electron chi connectivity index (χ4n) is 2.63. The molecule has 3 rings (SSSR count). The van der Waals surface area contributed by atoms with Crippen LogP contribution in [0.1, 0.15) is 18.4 Å². The van der Waals surface area contributed by atoms with Gasteiger partial charge in [-0.05, 0) is 18.9 Å². The van der Waals surface area contributed by atoms with Crippen LogP contribution in [-0.2, 0) is 6.54 Å². The van der Waals surface area contributed by atoms with Gasteiger partial charge in [0.2, 0.25) is 0 Å². The van der Waals surface area contributed by atoms with Crippen LogP contribution in [0.15, 0.2) is 31.0 Å². The maximum atomic E-state index is 13.6. The van der Waals surface area contributed by atoms with E-state index in [9.17, 15) is 8.78 Å². The molecule has 0 aromatic carbocycles. The zero-order valence-corrected chi connectivity index (χ0v) is 12.0. The van der Waals surface area contributed by atoms with Crippen molar-refractivity contribution in [3.05, 3.63) is 48.2 Å². The predicted octanol–water partition coefficient (Wildman–Crippen LogP) is 2.23. The first-order chi connectivity index (χ1) is 10.7. The normalized spacial score (nSPS) is 16.6. The maximum absolute atomic E-state index is 13.6. The molecule has 116 valence electrons. The second kappa shape index (κ2) is 6.74. The summed E-state index contributed by atoms with van der Waals surface area (Å²) in [6.07, 6.45) is 7.12. The molecule has 0 atom stereocenters. The molecule has 0 radical (unpaired) electrons. The molecule has 22 heavy (non-hydrogen) atoms. The van der Waals surface area contributed by atoms with Crippen LogP contribution < -0.4 is 5.32 Å². The van der Waals surface area contributed by atoms with Gasteiger partial charge in [-0.25, -0.2) is 18.7 Å². The molecule has 0 unspecified atom stereocenters. The van der Waals surface area contributed by atoms with Crippen molar-refractivity contribution in [2.45, 2.75) is 25.4 Å². The summed E-state index contributed by atoms with van der Waals surface area (Å²) >= 11 is 0. The van der Waals surface area contributed by atoms with Crippen LogP contribution in [-0.4, -0.2) is 39.0 Å². The van der Waals surface area contributed by atoms with Crippen LogP contribution >= 0.6 is 0 Å². The molecular weight excluding hydrogens is 288 g/mol. The first-order valence-corrected chi connectivity index (χ1v) is 7.25. The van der Waals surface area contributed by atoms with Gasteiger partial charge in [0.1, 0.15) is 23.8 Å². The number of anilines is 1. The molecule has 0 bridgehead atoms.